The zero-order chi connectivity index (χ0) is 15.2. The molecule has 0 atom stereocenters. The minimum absolute atomic E-state index is 0.0241. The Morgan fingerprint density at radius 2 is 1.75 bits per heavy atom. The number of carbonyl (C=O) groups is 1. The van der Waals surface area contributed by atoms with Crippen molar-refractivity contribution < 1.29 is 22.4 Å². The fourth-order valence-corrected chi connectivity index (χ4v) is 2.02. The molecule has 0 amide bonds. The number of alkyl halides is 3. The van der Waals surface area contributed by atoms with Crippen LogP contribution in [-0.4, -0.2) is 5.78 Å². The summed E-state index contributed by atoms with van der Waals surface area (Å²) in [6.07, 6.45) is -0.225. The van der Waals surface area contributed by atoms with Crippen LogP contribution in [-0.2, 0) is 6.18 Å². The number of halogens is 4. The van der Waals surface area contributed by atoms with Crippen LogP contribution in [0.5, 0.6) is 0 Å². The van der Waals surface area contributed by atoms with Gasteiger partial charge in [-0.3, -0.25) is 4.79 Å². The molecular formula is C15H18F4O. The Bertz CT molecular complexity index is 452. The van der Waals surface area contributed by atoms with E-state index >= 15 is 0 Å². The number of carbonyl (C=O) groups excluding carboxylic acids is 1. The first-order chi connectivity index (χ1) is 9.36. The summed E-state index contributed by atoms with van der Waals surface area (Å²) in [5.74, 6) is -1.47. The van der Waals surface area contributed by atoms with Crippen molar-refractivity contribution in [2.45, 2.75) is 51.6 Å². The molecule has 1 rings (SSSR count). The van der Waals surface area contributed by atoms with Crippen LogP contribution >= 0.6 is 0 Å². The molecule has 1 aromatic rings. The maximum atomic E-state index is 13.1. The van der Waals surface area contributed by atoms with Gasteiger partial charge in [0.1, 0.15) is 5.82 Å². The van der Waals surface area contributed by atoms with Crippen LogP contribution < -0.4 is 0 Å². The molecule has 0 aliphatic carbocycles. The molecule has 1 nitrogen and oxygen atoms in total. The van der Waals surface area contributed by atoms with E-state index in [0.29, 0.717) is 18.6 Å². The summed E-state index contributed by atoms with van der Waals surface area (Å²) < 4.78 is 51.3. The molecule has 0 N–H and O–H groups in total. The van der Waals surface area contributed by atoms with Gasteiger partial charge in [-0.1, -0.05) is 32.6 Å². The van der Waals surface area contributed by atoms with E-state index in [-0.39, 0.29) is 6.42 Å². The number of rotatable bonds is 7. The molecule has 0 fully saturated rings. The molecule has 0 bridgehead atoms. The average molecular weight is 290 g/mol. The first-order valence-electron chi connectivity index (χ1n) is 6.76. The first-order valence-corrected chi connectivity index (χ1v) is 6.76. The molecule has 0 aromatic heterocycles. The third-order valence-corrected chi connectivity index (χ3v) is 3.09. The van der Waals surface area contributed by atoms with E-state index in [1.54, 1.807) is 0 Å². The van der Waals surface area contributed by atoms with Gasteiger partial charge in [0.05, 0.1) is 5.56 Å². The monoisotopic (exact) mass is 290 g/mol. The largest absolute Gasteiger partial charge is 0.417 e. The number of benzene rings is 1. The topological polar surface area (TPSA) is 17.1 Å². The smallest absolute Gasteiger partial charge is 0.294 e. The maximum Gasteiger partial charge on any atom is 0.417 e. The van der Waals surface area contributed by atoms with Crippen LogP contribution in [0.4, 0.5) is 17.6 Å². The number of hydrogen-bond acceptors (Lipinski definition) is 1. The summed E-state index contributed by atoms with van der Waals surface area (Å²) in [4.78, 5) is 11.8. The Morgan fingerprint density at radius 3 is 2.35 bits per heavy atom. The fraction of sp³-hybridized carbons (Fsp3) is 0.533. The maximum absolute atomic E-state index is 13.1. The lowest BCUT2D eigenvalue weighted by molar-refractivity contribution is -0.137. The minimum Gasteiger partial charge on any atom is -0.294 e. The van der Waals surface area contributed by atoms with Gasteiger partial charge in [0.15, 0.2) is 5.78 Å². The summed E-state index contributed by atoms with van der Waals surface area (Å²) in [5, 5.41) is 0. The van der Waals surface area contributed by atoms with E-state index < -0.39 is 28.9 Å². The lowest BCUT2D eigenvalue weighted by atomic mass is 9.98. The Balaban J connectivity index is 2.74. The number of unbranched alkanes of at least 4 members (excludes halogenated alkanes) is 4. The summed E-state index contributed by atoms with van der Waals surface area (Å²) >= 11 is 0. The molecule has 0 spiro atoms. The first kappa shape index (κ1) is 16.7. The van der Waals surface area contributed by atoms with Crippen molar-refractivity contribution in [3.05, 3.63) is 35.1 Å². The van der Waals surface area contributed by atoms with Crippen molar-refractivity contribution >= 4 is 5.78 Å². The highest BCUT2D eigenvalue weighted by atomic mass is 19.4. The molecule has 20 heavy (non-hydrogen) atoms. The summed E-state index contributed by atoms with van der Waals surface area (Å²) in [6.45, 7) is 2.05. The second-order valence-electron chi connectivity index (χ2n) is 4.78. The fourth-order valence-electron chi connectivity index (χ4n) is 2.02. The third-order valence-electron chi connectivity index (χ3n) is 3.09. The summed E-state index contributed by atoms with van der Waals surface area (Å²) in [5.41, 5.74) is -1.62. The van der Waals surface area contributed by atoms with Crippen molar-refractivity contribution in [2.24, 2.45) is 0 Å². The highest BCUT2D eigenvalue weighted by Crippen LogP contribution is 2.33. The van der Waals surface area contributed by atoms with Gasteiger partial charge < -0.3 is 0 Å². The van der Waals surface area contributed by atoms with Gasteiger partial charge in [-0.05, 0) is 24.6 Å². The molecule has 0 radical (unpaired) electrons. The molecule has 0 heterocycles. The van der Waals surface area contributed by atoms with Crippen LogP contribution in [0.3, 0.4) is 0 Å². The molecule has 112 valence electrons. The molecular weight excluding hydrogens is 272 g/mol. The molecule has 0 aliphatic rings. The van der Waals surface area contributed by atoms with Gasteiger partial charge in [-0.2, -0.15) is 13.2 Å². The van der Waals surface area contributed by atoms with Gasteiger partial charge in [-0.15, -0.1) is 0 Å². The normalized spacial score (nSPS) is 11.7. The SMILES string of the molecule is CCCCCCCC(=O)c1cc(F)ccc1C(F)(F)F. The van der Waals surface area contributed by atoms with Crippen LogP contribution in [0.25, 0.3) is 0 Å². The van der Waals surface area contributed by atoms with Crippen molar-refractivity contribution in [3.63, 3.8) is 0 Å². The Hall–Kier alpha value is -1.39. The molecule has 5 heteroatoms. The van der Waals surface area contributed by atoms with Crippen LogP contribution in [0.15, 0.2) is 18.2 Å². The predicted octanol–water partition coefficient (Wildman–Crippen LogP) is 5.39. The Labute approximate surface area is 116 Å². The van der Waals surface area contributed by atoms with Crippen molar-refractivity contribution in [1.82, 2.24) is 0 Å². The van der Waals surface area contributed by atoms with E-state index in [2.05, 4.69) is 0 Å². The van der Waals surface area contributed by atoms with Gasteiger partial charge >= 0.3 is 6.18 Å². The van der Waals surface area contributed by atoms with Crippen LogP contribution in [0.2, 0.25) is 0 Å². The van der Waals surface area contributed by atoms with E-state index in [1.807, 2.05) is 6.92 Å². The van der Waals surface area contributed by atoms with Crippen LogP contribution in [0, 0.1) is 5.82 Å². The van der Waals surface area contributed by atoms with Crippen LogP contribution in [0.1, 0.15) is 61.4 Å². The zero-order valence-corrected chi connectivity index (χ0v) is 11.4. The highest BCUT2D eigenvalue weighted by molar-refractivity contribution is 5.97. The molecule has 0 saturated carbocycles. The molecule has 0 saturated heterocycles. The van der Waals surface area contributed by atoms with E-state index in [4.69, 9.17) is 0 Å². The summed E-state index contributed by atoms with van der Waals surface area (Å²) in [7, 11) is 0. The van der Waals surface area contributed by atoms with E-state index in [0.717, 1.165) is 31.7 Å². The standard InChI is InChI=1S/C15H18F4O/c1-2-3-4-5-6-7-14(20)12-10-11(16)8-9-13(12)15(17,18)19/h8-10H,2-7H2,1H3. The van der Waals surface area contributed by atoms with Gasteiger partial charge in [-0.25, -0.2) is 4.39 Å². The molecule has 1 aromatic carbocycles. The lowest BCUT2D eigenvalue weighted by Gasteiger charge is -2.12. The Morgan fingerprint density at radius 1 is 1.10 bits per heavy atom. The lowest BCUT2D eigenvalue weighted by Crippen LogP contribution is -2.13. The quantitative estimate of drug-likeness (QED) is 0.374. The summed E-state index contributed by atoms with van der Waals surface area (Å²) in [6, 6.07) is 2.03. The number of ketones is 1. The number of Topliss-reactive ketones (excluding diaryl/α,β-unsaturated/α-hetero) is 1. The Kier molecular flexibility index (Phi) is 6.17. The van der Waals surface area contributed by atoms with Crippen molar-refractivity contribution in [2.75, 3.05) is 0 Å². The average Bonchev–Trinajstić information content (AvgIpc) is 2.36. The van der Waals surface area contributed by atoms with E-state index in [1.165, 1.54) is 0 Å². The van der Waals surface area contributed by atoms with Gasteiger partial charge in [0.2, 0.25) is 0 Å². The zero-order valence-electron chi connectivity index (χ0n) is 11.4. The van der Waals surface area contributed by atoms with E-state index in [9.17, 15) is 22.4 Å². The highest BCUT2D eigenvalue weighted by Gasteiger charge is 2.35. The van der Waals surface area contributed by atoms with Crippen molar-refractivity contribution in [1.29, 1.82) is 0 Å². The van der Waals surface area contributed by atoms with Gasteiger partial charge in [0, 0.05) is 12.0 Å². The minimum atomic E-state index is -4.64. The number of hydrogen-bond donors (Lipinski definition) is 0. The molecule has 0 aliphatic heterocycles. The second-order valence-corrected chi connectivity index (χ2v) is 4.78. The predicted molar refractivity (Wildman–Crippen MR) is 69.1 cm³/mol. The third kappa shape index (κ3) is 4.94. The van der Waals surface area contributed by atoms with Gasteiger partial charge in [0.25, 0.3) is 0 Å². The van der Waals surface area contributed by atoms with Crippen molar-refractivity contribution in [3.8, 4) is 0 Å². The molecule has 0 unspecified atom stereocenters. The second kappa shape index (κ2) is 7.41.